The second-order valence-corrected chi connectivity index (χ2v) is 9.00. The zero-order chi connectivity index (χ0) is 20.3. The summed E-state index contributed by atoms with van der Waals surface area (Å²) in [6.07, 6.45) is 4.74. The molecule has 1 saturated heterocycles. The molecule has 1 saturated carbocycles. The number of benzene rings is 2. The molecule has 2 aromatic rings. The van der Waals surface area contributed by atoms with Crippen LogP contribution in [0.15, 0.2) is 48.5 Å². The fourth-order valence-corrected chi connectivity index (χ4v) is 5.19. The first kappa shape index (κ1) is 20.6. The molecule has 29 heavy (non-hydrogen) atoms. The third kappa shape index (κ3) is 4.93. The highest BCUT2D eigenvalue weighted by Crippen LogP contribution is 2.37. The van der Waals surface area contributed by atoms with Crippen molar-refractivity contribution >= 4 is 17.3 Å². The van der Waals surface area contributed by atoms with Crippen LogP contribution < -0.4 is 4.90 Å². The first-order valence-corrected chi connectivity index (χ1v) is 11.1. The van der Waals surface area contributed by atoms with Gasteiger partial charge in [-0.1, -0.05) is 48.7 Å². The summed E-state index contributed by atoms with van der Waals surface area (Å²) >= 11 is 6.36. The Morgan fingerprint density at radius 3 is 2.45 bits per heavy atom. The Hall–Kier alpha value is -1.62. The monoisotopic (exact) mass is 416 g/mol. The average Bonchev–Trinajstić information content (AvgIpc) is 2.73. The quantitative estimate of drug-likeness (QED) is 0.760. The summed E-state index contributed by atoms with van der Waals surface area (Å²) in [5.41, 5.74) is 1.43. The zero-order valence-electron chi connectivity index (χ0n) is 16.9. The van der Waals surface area contributed by atoms with Gasteiger partial charge in [0.25, 0.3) is 0 Å². The molecule has 2 atom stereocenters. The largest absolute Gasteiger partial charge is 0.389 e. The summed E-state index contributed by atoms with van der Waals surface area (Å²) in [6, 6.07) is 14.6. The van der Waals surface area contributed by atoms with E-state index in [1.165, 1.54) is 18.6 Å². The Labute approximate surface area is 178 Å². The van der Waals surface area contributed by atoms with Crippen LogP contribution in [0.2, 0.25) is 5.02 Å². The summed E-state index contributed by atoms with van der Waals surface area (Å²) in [5.74, 6) is 0.0329. The first-order chi connectivity index (χ1) is 14.0. The van der Waals surface area contributed by atoms with Crippen molar-refractivity contribution in [1.29, 1.82) is 0 Å². The number of piperazine rings is 1. The van der Waals surface area contributed by atoms with Gasteiger partial charge in [0.2, 0.25) is 0 Å². The van der Waals surface area contributed by atoms with Crippen LogP contribution in [0.5, 0.6) is 0 Å². The van der Waals surface area contributed by atoms with Gasteiger partial charge in [-0.25, -0.2) is 4.39 Å². The normalized spacial score (nSPS) is 25.9. The number of para-hydroxylation sites is 1. The molecule has 1 aliphatic carbocycles. The van der Waals surface area contributed by atoms with Crippen LogP contribution in [0, 0.1) is 11.7 Å². The molecule has 5 heteroatoms. The highest BCUT2D eigenvalue weighted by atomic mass is 35.5. The molecule has 0 aromatic heterocycles. The van der Waals surface area contributed by atoms with E-state index in [0.717, 1.165) is 68.3 Å². The number of rotatable bonds is 5. The van der Waals surface area contributed by atoms with Gasteiger partial charge in [0.1, 0.15) is 5.82 Å². The number of nitrogens with zero attached hydrogens (tertiary/aromatic N) is 2. The van der Waals surface area contributed by atoms with Crippen LogP contribution in [0.3, 0.4) is 0 Å². The maximum atomic E-state index is 13.2. The standard InChI is InChI=1S/C24H30ClFN2O/c25-22-6-1-2-7-23(22)28-15-13-27(14-16-28)18-20-5-3-4-12-24(20,29)17-19-8-10-21(26)11-9-19/h1-2,6-11,20,29H,3-5,12-18H2. The number of hydrogen-bond acceptors (Lipinski definition) is 3. The maximum Gasteiger partial charge on any atom is 0.123 e. The molecule has 2 unspecified atom stereocenters. The van der Waals surface area contributed by atoms with E-state index in [-0.39, 0.29) is 11.7 Å². The third-order valence-corrected chi connectivity index (χ3v) is 6.96. The minimum absolute atomic E-state index is 0.225. The molecule has 156 valence electrons. The molecule has 1 aliphatic heterocycles. The minimum atomic E-state index is -0.698. The van der Waals surface area contributed by atoms with Gasteiger partial charge in [0.15, 0.2) is 0 Å². The second kappa shape index (κ2) is 9.03. The molecule has 2 aliphatic rings. The molecule has 0 amide bonds. The Bertz CT molecular complexity index is 807. The van der Waals surface area contributed by atoms with Crippen molar-refractivity contribution in [2.24, 2.45) is 5.92 Å². The smallest absolute Gasteiger partial charge is 0.123 e. The van der Waals surface area contributed by atoms with Crippen molar-refractivity contribution < 1.29 is 9.50 Å². The predicted molar refractivity (Wildman–Crippen MR) is 117 cm³/mol. The zero-order valence-corrected chi connectivity index (χ0v) is 17.6. The molecule has 2 aromatic carbocycles. The minimum Gasteiger partial charge on any atom is -0.389 e. The van der Waals surface area contributed by atoms with Gasteiger partial charge in [-0.05, 0) is 42.7 Å². The number of aliphatic hydroxyl groups is 1. The summed E-state index contributed by atoms with van der Waals surface area (Å²) < 4.78 is 13.2. The van der Waals surface area contributed by atoms with Gasteiger partial charge in [-0.2, -0.15) is 0 Å². The van der Waals surface area contributed by atoms with E-state index in [0.29, 0.717) is 6.42 Å². The van der Waals surface area contributed by atoms with Crippen LogP contribution in [0.25, 0.3) is 0 Å². The molecule has 1 heterocycles. The van der Waals surface area contributed by atoms with Crippen molar-refractivity contribution in [1.82, 2.24) is 4.90 Å². The van der Waals surface area contributed by atoms with Crippen LogP contribution >= 0.6 is 11.6 Å². The van der Waals surface area contributed by atoms with Gasteiger partial charge in [-0.15, -0.1) is 0 Å². The maximum absolute atomic E-state index is 13.2. The van der Waals surface area contributed by atoms with Crippen molar-refractivity contribution in [3.63, 3.8) is 0 Å². The Balaban J connectivity index is 1.37. The molecule has 3 nitrogen and oxygen atoms in total. The third-order valence-electron chi connectivity index (χ3n) is 6.64. The van der Waals surface area contributed by atoms with E-state index in [4.69, 9.17) is 11.6 Å². The van der Waals surface area contributed by atoms with E-state index in [9.17, 15) is 9.50 Å². The molecule has 0 radical (unpaired) electrons. The number of halogens is 2. The molecule has 0 spiro atoms. The Morgan fingerprint density at radius 2 is 1.72 bits per heavy atom. The molecular formula is C24H30ClFN2O. The van der Waals surface area contributed by atoms with Crippen LogP contribution in [0.1, 0.15) is 31.2 Å². The lowest BCUT2D eigenvalue weighted by molar-refractivity contribution is -0.0595. The lowest BCUT2D eigenvalue weighted by Gasteiger charge is -2.44. The van der Waals surface area contributed by atoms with Gasteiger partial charge in [-0.3, -0.25) is 4.90 Å². The Morgan fingerprint density at radius 1 is 1.00 bits per heavy atom. The van der Waals surface area contributed by atoms with E-state index >= 15 is 0 Å². The average molecular weight is 417 g/mol. The summed E-state index contributed by atoms with van der Waals surface area (Å²) in [4.78, 5) is 4.84. The second-order valence-electron chi connectivity index (χ2n) is 8.59. The van der Waals surface area contributed by atoms with Gasteiger partial charge >= 0.3 is 0 Å². The van der Waals surface area contributed by atoms with Crippen molar-refractivity contribution in [3.05, 3.63) is 64.9 Å². The summed E-state index contributed by atoms with van der Waals surface area (Å²) in [7, 11) is 0. The van der Waals surface area contributed by atoms with Gasteiger partial charge in [0, 0.05) is 45.1 Å². The fraction of sp³-hybridized carbons (Fsp3) is 0.500. The molecule has 1 N–H and O–H groups in total. The van der Waals surface area contributed by atoms with E-state index in [1.807, 2.05) is 18.2 Å². The van der Waals surface area contributed by atoms with Crippen LogP contribution in [0.4, 0.5) is 10.1 Å². The SMILES string of the molecule is OC1(Cc2ccc(F)cc2)CCCCC1CN1CCN(c2ccccc2Cl)CC1. The highest BCUT2D eigenvalue weighted by Gasteiger charge is 2.40. The van der Waals surface area contributed by atoms with Gasteiger partial charge < -0.3 is 10.0 Å². The Kier molecular flexibility index (Phi) is 6.43. The number of anilines is 1. The van der Waals surface area contributed by atoms with Crippen molar-refractivity contribution in [2.45, 2.75) is 37.7 Å². The predicted octanol–water partition coefficient (Wildman–Crippen LogP) is 4.77. The lowest BCUT2D eigenvalue weighted by atomic mass is 9.72. The lowest BCUT2D eigenvalue weighted by Crippen LogP contribution is -2.52. The van der Waals surface area contributed by atoms with Gasteiger partial charge in [0.05, 0.1) is 16.3 Å². The topological polar surface area (TPSA) is 26.7 Å². The van der Waals surface area contributed by atoms with E-state index in [1.54, 1.807) is 12.1 Å². The van der Waals surface area contributed by atoms with Crippen molar-refractivity contribution in [3.8, 4) is 0 Å². The highest BCUT2D eigenvalue weighted by molar-refractivity contribution is 6.33. The summed E-state index contributed by atoms with van der Waals surface area (Å²) in [5, 5.41) is 12.3. The van der Waals surface area contributed by atoms with E-state index in [2.05, 4.69) is 15.9 Å². The molecule has 2 fully saturated rings. The summed E-state index contributed by atoms with van der Waals surface area (Å²) in [6.45, 7) is 4.79. The molecule has 0 bridgehead atoms. The fourth-order valence-electron chi connectivity index (χ4n) is 4.94. The van der Waals surface area contributed by atoms with Crippen LogP contribution in [-0.2, 0) is 6.42 Å². The molecular weight excluding hydrogens is 387 g/mol. The van der Waals surface area contributed by atoms with E-state index < -0.39 is 5.60 Å². The number of hydrogen-bond donors (Lipinski definition) is 1. The molecule has 4 rings (SSSR count). The first-order valence-electron chi connectivity index (χ1n) is 10.7. The van der Waals surface area contributed by atoms with Crippen LogP contribution in [-0.4, -0.2) is 48.3 Å². The van der Waals surface area contributed by atoms with Crippen molar-refractivity contribution in [2.75, 3.05) is 37.6 Å².